The minimum Gasteiger partial charge on any atom is -0.466 e. The quantitative estimate of drug-likeness (QED) is 0.932. The molecule has 120 valence electrons. The first kappa shape index (κ1) is 15.1. The average molecular weight is 304 g/mol. The van der Waals surface area contributed by atoms with Crippen molar-refractivity contribution in [3.8, 4) is 0 Å². The van der Waals surface area contributed by atoms with Crippen LogP contribution in [0.15, 0.2) is 4.42 Å². The van der Waals surface area contributed by atoms with E-state index in [0.29, 0.717) is 24.4 Å². The van der Waals surface area contributed by atoms with Crippen LogP contribution in [0.4, 0.5) is 0 Å². The van der Waals surface area contributed by atoms with Gasteiger partial charge in [0, 0.05) is 30.6 Å². The predicted octanol–water partition coefficient (Wildman–Crippen LogP) is 2.34. The Morgan fingerprint density at radius 1 is 1.05 bits per heavy atom. The maximum atomic E-state index is 12.7. The van der Waals surface area contributed by atoms with E-state index in [1.807, 2.05) is 25.7 Å². The third-order valence-electron chi connectivity index (χ3n) is 4.85. The summed E-state index contributed by atoms with van der Waals surface area (Å²) in [4.78, 5) is 26.4. The maximum absolute atomic E-state index is 12.7. The molecule has 2 aliphatic rings. The zero-order valence-electron chi connectivity index (χ0n) is 13.6. The number of rotatable bonds is 3. The number of carbonyl (C=O) groups excluding carboxylic acids is 2. The fourth-order valence-corrected chi connectivity index (χ4v) is 3.16. The van der Waals surface area contributed by atoms with Crippen molar-refractivity contribution in [3.05, 3.63) is 22.6 Å². The Kier molecular flexibility index (Phi) is 3.98. The molecule has 1 aromatic heterocycles. The minimum atomic E-state index is 0.0545. The van der Waals surface area contributed by atoms with E-state index in [-0.39, 0.29) is 23.8 Å². The van der Waals surface area contributed by atoms with Gasteiger partial charge in [-0.15, -0.1) is 0 Å². The van der Waals surface area contributed by atoms with Gasteiger partial charge in [-0.2, -0.15) is 0 Å². The second kappa shape index (κ2) is 5.78. The summed E-state index contributed by atoms with van der Waals surface area (Å²) in [5, 5.41) is 3.11. The monoisotopic (exact) mass is 304 g/mol. The van der Waals surface area contributed by atoms with Crippen LogP contribution in [0.2, 0.25) is 0 Å². The van der Waals surface area contributed by atoms with Gasteiger partial charge in [0.2, 0.25) is 5.91 Å². The Hall–Kier alpha value is -1.78. The summed E-state index contributed by atoms with van der Waals surface area (Å²) in [6, 6.07) is 0.213. The molecule has 1 aromatic rings. The summed E-state index contributed by atoms with van der Waals surface area (Å²) >= 11 is 0. The van der Waals surface area contributed by atoms with E-state index in [1.165, 1.54) is 0 Å². The van der Waals surface area contributed by atoms with Crippen molar-refractivity contribution in [2.45, 2.75) is 52.5 Å². The molecule has 1 saturated heterocycles. The Labute approximate surface area is 131 Å². The number of nitrogens with zero attached hydrogens (tertiary/aromatic N) is 1. The van der Waals surface area contributed by atoms with Crippen molar-refractivity contribution in [1.29, 1.82) is 0 Å². The lowest BCUT2D eigenvalue weighted by molar-refractivity contribution is -0.123. The van der Waals surface area contributed by atoms with Crippen molar-refractivity contribution < 1.29 is 14.0 Å². The number of furan rings is 1. The first-order valence-corrected chi connectivity index (χ1v) is 8.13. The van der Waals surface area contributed by atoms with Crippen LogP contribution in [0.3, 0.4) is 0 Å². The maximum Gasteiger partial charge on any atom is 0.257 e. The highest BCUT2D eigenvalue weighted by molar-refractivity contribution is 5.97. The fraction of sp³-hybridized carbons (Fsp3) is 0.647. The van der Waals surface area contributed by atoms with E-state index in [1.54, 1.807) is 0 Å². The molecule has 0 atom stereocenters. The summed E-state index contributed by atoms with van der Waals surface area (Å²) in [6.45, 7) is 7.05. The molecule has 3 rings (SSSR count). The van der Waals surface area contributed by atoms with Crippen LogP contribution >= 0.6 is 0 Å². The molecule has 5 heteroatoms. The van der Waals surface area contributed by atoms with E-state index in [9.17, 15) is 9.59 Å². The highest BCUT2D eigenvalue weighted by atomic mass is 16.3. The Morgan fingerprint density at radius 2 is 1.68 bits per heavy atom. The number of amides is 2. The van der Waals surface area contributed by atoms with Crippen molar-refractivity contribution in [3.63, 3.8) is 0 Å². The highest BCUT2D eigenvalue weighted by Crippen LogP contribution is 2.29. The third-order valence-corrected chi connectivity index (χ3v) is 4.85. The summed E-state index contributed by atoms with van der Waals surface area (Å²) < 4.78 is 5.56. The van der Waals surface area contributed by atoms with Crippen molar-refractivity contribution >= 4 is 11.8 Å². The zero-order valence-corrected chi connectivity index (χ0v) is 13.6. The number of piperidine rings is 1. The molecule has 1 saturated carbocycles. The SMILES string of the molecule is Cc1oc(C)c(C(=O)N2CCC(NC(=O)C3CC3)CC2)c1C. The number of hydrogen-bond donors (Lipinski definition) is 1. The Bertz CT molecular complexity index is 593. The number of hydrogen-bond acceptors (Lipinski definition) is 3. The predicted molar refractivity (Wildman–Crippen MR) is 82.7 cm³/mol. The smallest absolute Gasteiger partial charge is 0.257 e. The normalized spacial score (nSPS) is 19.3. The lowest BCUT2D eigenvalue weighted by Gasteiger charge is -2.32. The standard InChI is InChI=1S/C17H24N2O3/c1-10-11(2)22-12(3)15(10)17(21)19-8-6-14(7-9-19)18-16(20)13-4-5-13/h13-14H,4-9H2,1-3H3,(H,18,20). The van der Waals surface area contributed by atoms with Gasteiger partial charge in [0.25, 0.3) is 5.91 Å². The molecule has 22 heavy (non-hydrogen) atoms. The van der Waals surface area contributed by atoms with Gasteiger partial charge < -0.3 is 14.6 Å². The number of likely N-dealkylation sites (tertiary alicyclic amines) is 1. The highest BCUT2D eigenvalue weighted by Gasteiger charge is 2.33. The van der Waals surface area contributed by atoms with Gasteiger partial charge in [0.05, 0.1) is 5.56 Å². The summed E-state index contributed by atoms with van der Waals surface area (Å²) in [7, 11) is 0. The first-order chi connectivity index (χ1) is 10.5. The number of nitrogens with one attached hydrogen (secondary N) is 1. The summed E-state index contributed by atoms with van der Waals surface area (Å²) in [6.07, 6.45) is 3.72. The number of carbonyl (C=O) groups is 2. The second-order valence-corrected chi connectivity index (χ2v) is 6.56. The molecule has 1 aliphatic heterocycles. The van der Waals surface area contributed by atoms with Crippen LogP contribution in [0.5, 0.6) is 0 Å². The molecule has 0 radical (unpaired) electrons. The van der Waals surface area contributed by atoms with Gasteiger partial charge in [0.15, 0.2) is 0 Å². The van der Waals surface area contributed by atoms with Crippen molar-refractivity contribution in [2.75, 3.05) is 13.1 Å². The van der Waals surface area contributed by atoms with Gasteiger partial charge in [-0.3, -0.25) is 9.59 Å². The lowest BCUT2D eigenvalue weighted by Crippen LogP contribution is -2.47. The van der Waals surface area contributed by atoms with E-state index in [4.69, 9.17) is 4.42 Å². The van der Waals surface area contributed by atoms with Crippen LogP contribution in [0, 0.1) is 26.7 Å². The molecule has 2 fully saturated rings. The summed E-state index contributed by atoms with van der Waals surface area (Å²) in [5.74, 6) is 2.01. The largest absolute Gasteiger partial charge is 0.466 e. The topological polar surface area (TPSA) is 62.6 Å². The molecule has 0 unspecified atom stereocenters. The zero-order chi connectivity index (χ0) is 15.9. The molecule has 0 aromatic carbocycles. The fourth-order valence-electron chi connectivity index (χ4n) is 3.16. The van der Waals surface area contributed by atoms with Gasteiger partial charge in [0.1, 0.15) is 11.5 Å². The molecule has 0 bridgehead atoms. The van der Waals surface area contributed by atoms with Crippen LogP contribution in [-0.2, 0) is 4.79 Å². The van der Waals surface area contributed by atoms with Gasteiger partial charge in [-0.25, -0.2) is 0 Å². The molecule has 2 heterocycles. The van der Waals surface area contributed by atoms with E-state index >= 15 is 0 Å². The van der Waals surface area contributed by atoms with Crippen molar-refractivity contribution in [2.24, 2.45) is 5.92 Å². The van der Waals surface area contributed by atoms with Gasteiger partial charge in [-0.05, 0) is 46.5 Å². The van der Waals surface area contributed by atoms with Crippen LogP contribution in [0.25, 0.3) is 0 Å². The average Bonchev–Trinajstić information content (AvgIpc) is 3.29. The van der Waals surface area contributed by atoms with E-state index in [0.717, 1.165) is 37.0 Å². The number of aryl methyl sites for hydroxylation is 2. The molecule has 1 aliphatic carbocycles. The Morgan fingerprint density at radius 3 is 2.18 bits per heavy atom. The van der Waals surface area contributed by atoms with Gasteiger partial charge >= 0.3 is 0 Å². The lowest BCUT2D eigenvalue weighted by atomic mass is 10.0. The van der Waals surface area contributed by atoms with Crippen LogP contribution < -0.4 is 5.32 Å². The third kappa shape index (κ3) is 2.89. The van der Waals surface area contributed by atoms with Crippen LogP contribution in [-0.4, -0.2) is 35.8 Å². The van der Waals surface area contributed by atoms with E-state index in [2.05, 4.69) is 5.32 Å². The van der Waals surface area contributed by atoms with Gasteiger partial charge in [-0.1, -0.05) is 0 Å². The van der Waals surface area contributed by atoms with E-state index < -0.39 is 0 Å². The van der Waals surface area contributed by atoms with Crippen molar-refractivity contribution in [1.82, 2.24) is 10.2 Å². The van der Waals surface area contributed by atoms with Crippen LogP contribution in [0.1, 0.15) is 53.1 Å². The molecule has 0 spiro atoms. The molecule has 2 amide bonds. The Balaban J connectivity index is 1.58. The molecular weight excluding hydrogens is 280 g/mol. The summed E-state index contributed by atoms with van der Waals surface area (Å²) in [5.41, 5.74) is 1.64. The molecule has 1 N–H and O–H groups in total. The minimum absolute atomic E-state index is 0.0545. The molecular formula is C17H24N2O3. The second-order valence-electron chi connectivity index (χ2n) is 6.56. The molecule has 5 nitrogen and oxygen atoms in total. The first-order valence-electron chi connectivity index (χ1n) is 8.13.